The Hall–Kier alpha value is -2.48. The second-order valence-corrected chi connectivity index (χ2v) is 6.40. The second kappa shape index (κ2) is 4.77. The van der Waals surface area contributed by atoms with E-state index in [4.69, 9.17) is 5.73 Å². The van der Waals surface area contributed by atoms with Crippen molar-refractivity contribution in [2.45, 2.75) is 25.8 Å². The van der Waals surface area contributed by atoms with Crippen LogP contribution in [0.3, 0.4) is 0 Å². The molecule has 0 unspecified atom stereocenters. The zero-order valence-corrected chi connectivity index (χ0v) is 12.9. The number of nitrogen functional groups attached to an aromatic ring is 1. The Balaban J connectivity index is 2.14. The van der Waals surface area contributed by atoms with E-state index in [1.807, 2.05) is 5.38 Å². The van der Waals surface area contributed by atoms with Crippen molar-refractivity contribution < 1.29 is 9.72 Å². The van der Waals surface area contributed by atoms with Crippen LogP contribution < -0.4 is 10.6 Å². The lowest BCUT2D eigenvalue weighted by Crippen LogP contribution is -2.35. The van der Waals surface area contributed by atoms with Crippen LogP contribution in [0.5, 0.6) is 0 Å². The van der Waals surface area contributed by atoms with Crippen LogP contribution in [-0.4, -0.2) is 15.8 Å². The summed E-state index contributed by atoms with van der Waals surface area (Å²) < 4.78 is 0. The van der Waals surface area contributed by atoms with Crippen LogP contribution in [0, 0.1) is 10.1 Å². The fraction of sp³-hybridized carbons (Fsp3) is 0.286. The number of amides is 1. The Morgan fingerprint density at radius 3 is 2.77 bits per heavy atom. The van der Waals surface area contributed by atoms with Crippen molar-refractivity contribution in [3.05, 3.63) is 44.4 Å². The number of hydrogen-bond donors (Lipinski definition) is 1. The minimum absolute atomic E-state index is 0.0696. The fourth-order valence-corrected chi connectivity index (χ4v) is 3.22. The maximum absolute atomic E-state index is 12.7. The minimum Gasteiger partial charge on any atom is -0.393 e. The summed E-state index contributed by atoms with van der Waals surface area (Å²) in [5.41, 5.74) is 8.55. The van der Waals surface area contributed by atoms with Gasteiger partial charge in [0, 0.05) is 11.4 Å². The van der Waals surface area contributed by atoms with E-state index in [2.05, 4.69) is 4.98 Å². The summed E-state index contributed by atoms with van der Waals surface area (Å²) >= 11 is 1.44. The molecule has 0 spiro atoms. The van der Waals surface area contributed by atoms with Gasteiger partial charge in [-0.3, -0.25) is 14.9 Å². The van der Waals surface area contributed by atoms with Crippen LogP contribution in [0.2, 0.25) is 0 Å². The van der Waals surface area contributed by atoms with Crippen molar-refractivity contribution in [1.82, 2.24) is 4.98 Å². The normalized spacial score (nSPS) is 15.9. The summed E-state index contributed by atoms with van der Waals surface area (Å²) in [6, 6.07) is 2.91. The van der Waals surface area contributed by atoms with Crippen LogP contribution in [0.4, 0.5) is 17.1 Å². The molecule has 1 aliphatic heterocycles. The van der Waals surface area contributed by atoms with Gasteiger partial charge in [-0.1, -0.05) is 0 Å². The van der Waals surface area contributed by atoms with Crippen LogP contribution in [0.15, 0.2) is 23.0 Å². The number of nitrogens with zero attached hydrogens (tertiary/aromatic N) is 3. The lowest BCUT2D eigenvalue weighted by Gasteiger charge is -2.19. The molecule has 8 heteroatoms. The average Bonchev–Trinajstić information content (AvgIpc) is 3.01. The molecular formula is C14H14N4O3S. The van der Waals surface area contributed by atoms with E-state index in [-0.39, 0.29) is 17.3 Å². The molecule has 0 atom stereocenters. The van der Waals surface area contributed by atoms with Crippen molar-refractivity contribution in [2.75, 3.05) is 10.6 Å². The molecule has 3 rings (SSSR count). The van der Waals surface area contributed by atoms with Gasteiger partial charge in [0.2, 0.25) is 5.91 Å². The molecule has 0 saturated heterocycles. The highest BCUT2D eigenvalue weighted by molar-refractivity contribution is 7.07. The molecular weight excluding hydrogens is 304 g/mol. The molecule has 1 aromatic carbocycles. The maximum atomic E-state index is 12.7. The van der Waals surface area contributed by atoms with Gasteiger partial charge < -0.3 is 10.6 Å². The van der Waals surface area contributed by atoms with E-state index in [0.29, 0.717) is 17.8 Å². The Morgan fingerprint density at radius 2 is 2.18 bits per heavy atom. The highest BCUT2D eigenvalue weighted by Gasteiger charge is 2.45. The van der Waals surface area contributed by atoms with Gasteiger partial charge in [-0.2, -0.15) is 0 Å². The monoisotopic (exact) mass is 318 g/mol. The number of aromatic nitrogens is 1. The molecule has 1 aromatic heterocycles. The molecule has 22 heavy (non-hydrogen) atoms. The Morgan fingerprint density at radius 1 is 1.45 bits per heavy atom. The summed E-state index contributed by atoms with van der Waals surface area (Å²) in [7, 11) is 0. The largest absolute Gasteiger partial charge is 0.393 e. The van der Waals surface area contributed by atoms with Crippen molar-refractivity contribution >= 4 is 34.3 Å². The van der Waals surface area contributed by atoms with E-state index in [9.17, 15) is 14.9 Å². The average molecular weight is 318 g/mol. The second-order valence-electron chi connectivity index (χ2n) is 5.68. The van der Waals surface area contributed by atoms with Gasteiger partial charge in [0.25, 0.3) is 5.69 Å². The van der Waals surface area contributed by atoms with E-state index in [1.54, 1.807) is 19.4 Å². The third-order valence-corrected chi connectivity index (χ3v) is 4.52. The molecule has 2 aromatic rings. The van der Waals surface area contributed by atoms with Crippen molar-refractivity contribution in [3.8, 4) is 0 Å². The zero-order chi connectivity index (χ0) is 16.1. The third-order valence-electron chi connectivity index (χ3n) is 3.89. The number of rotatable bonds is 3. The van der Waals surface area contributed by atoms with Gasteiger partial charge in [0.1, 0.15) is 5.69 Å². The molecule has 1 amide bonds. The standard InChI is InChI=1S/C14H14N4O3S/c1-14(2)9-3-10(15)12(18(20)21)4-11(9)17(13(14)19)5-8-6-22-7-16-8/h3-4,6-7H,5,15H2,1-2H3. The van der Waals surface area contributed by atoms with Gasteiger partial charge in [0.05, 0.1) is 33.8 Å². The first kappa shape index (κ1) is 14.5. The first-order valence-corrected chi connectivity index (χ1v) is 7.54. The molecule has 0 fully saturated rings. The van der Waals surface area contributed by atoms with Crippen molar-refractivity contribution in [2.24, 2.45) is 0 Å². The minimum atomic E-state index is -0.769. The SMILES string of the molecule is CC1(C)C(=O)N(Cc2cscn2)c2cc([N+](=O)[O-])c(N)cc21. The number of hydrogen-bond acceptors (Lipinski definition) is 6. The Labute approximate surface area is 130 Å². The lowest BCUT2D eigenvalue weighted by molar-refractivity contribution is -0.383. The number of carbonyl (C=O) groups is 1. The number of benzene rings is 1. The molecule has 7 nitrogen and oxygen atoms in total. The number of nitro groups is 1. The molecule has 1 aliphatic rings. The number of carbonyl (C=O) groups excluding carboxylic acids is 1. The summed E-state index contributed by atoms with van der Waals surface area (Å²) in [5.74, 6) is -0.115. The Kier molecular flexibility index (Phi) is 3.13. The summed E-state index contributed by atoms with van der Waals surface area (Å²) in [6.07, 6.45) is 0. The van der Waals surface area contributed by atoms with Gasteiger partial charge in [-0.05, 0) is 25.5 Å². The first-order valence-electron chi connectivity index (χ1n) is 6.60. The number of nitrogens with two attached hydrogens (primary N) is 1. The topological polar surface area (TPSA) is 102 Å². The van der Waals surface area contributed by atoms with Gasteiger partial charge >= 0.3 is 0 Å². The predicted molar refractivity (Wildman–Crippen MR) is 83.8 cm³/mol. The molecule has 0 aliphatic carbocycles. The highest BCUT2D eigenvalue weighted by Crippen LogP contribution is 2.45. The molecule has 2 heterocycles. The van der Waals surface area contributed by atoms with Crippen molar-refractivity contribution in [3.63, 3.8) is 0 Å². The number of thiazole rings is 1. The van der Waals surface area contributed by atoms with Crippen LogP contribution in [0.25, 0.3) is 0 Å². The lowest BCUT2D eigenvalue weighted by atomic mass is 9.86. The summed E-state index contributed by atoms with van der Waals surface area (Å²) in [4.78, 5) is 29.0. The molecule has 0 bridgehead atoms. The number of fused-ring (bicyclic) bond motifs is 1. The smallest absolute Gasteiger partial charge is 0.294 e. The van der Waals surface area contributed by atoms with Crippen LogP contribution in [-0.2, 0) is 16.8 Å². The van der Waals surface area contributed by atoms with Crippen LogP contribution in [0.1, 0.15) is 25.1 Å². The fourth-order valence-electron chi connectivity index (χ4n) is 2.67. The Bertz CT molecular complexity index is 771. The van der Waals surface area contributed by atoms with E-state index in [0.717, 1.165) is 5.69 Å². The molecule has 2 N–H and O–H groups in total. The van der Waals surface area contributed by atoms with E-state index >= 15 is 0 Å². The zero-order valence-electron chi connectivity index (χ0n) is 12.1. The highest BCUT2D eigenvalue weighted by atomic mass is 32.1. The van der Waals surface area contributed by atoms with Crippen LogP contribution >= 0.6 is 11.3 Å². The maximum Gasteiger partial charge on any atom is 0.294 e. The first-order chi connectivity index (χ1) is 10.3. The molecule has 114 valence electrons. The quantitative estimate of drug-likeness (QED) is 0.532. The third kappa shape index (κ3) is 2.03. The predicted octanol–water partition coefficient (Wildman–Crippen LogP) is 2.46. The van der Waals surface area contributed by atoms with E-state index < -0.39 is 10.3 Å². The van der Waals surface area contributed by atoms with Gasteiger partial charge in [-0.15, -0.1) is 11.3 Å². The van der Waals surface area contributed by atoms with Gasteiger partial charge in [-0.25, -0.2) is 4.98 Å². The van der Waals surface area contributed by atoms with Gasteiger partial charge in [0.15, 0.2) is 0 Å². The molecule has 0 radical (unpaired) electrons. The number of anilines is 2. The summed E-state index contributed by atoms with van der Waals surface area (Å²) in [5, 5.41) is 13.0. The van der Waals surface area contributed by atoms with E-state index in [1.165, 1.54) is 28.4 Å². The summed E-state index contributed by atoms with van der Waals surface area (Å²) in [6.45, 7) is 3.88. The molecule has 0 saturated carbocycles. The number of nitro benzene ring substituents is 1. The van der Waals surface area contributed by atoms with Crippen molar-refractivity contribution in [1.29, 1.82) is 0 Å².